The second-order valence-electron chi connectivity index (χ2n) is 7.28. The van der Waals surface area contributed by atoms with Crippen LogP contribution in [-0.2, 0) is 4.74 Å². The third-order valence-electron chi connectivity index (χ3n) is 5.34. The van der Waals surface area contributed by atoms with Crippen LogP contribution >= 0.6 is 0 Å². The highest BCUT2D eigenvalue weighted by Gasteiger charge is 2.22. The molecule has 0 aromatic heterocycles. The van der Waals surface area contributed by atoms with Crippen LogP contribution in [0.15, 0.2) is 29.3 Å². The molecular weight excluding hydrogens is 312 g/mol. The molecule has 0 amide bonds. The molecule has 3 N–H and O–H groups in total. The van der Waals surface area contributed by atoms with E-state index in [-0.39, 0.29) is 6.04 Å². The van der Waals surface area contributed by atoms with Crippen molar-refractivity contribution in [2.24, 2.45) is 10.7 Å². The lowest BCUT2D eigenvalue weighted by Crippen LogP contribution is -2.43. The van der Waals surface area contributed by atoms with Gasteiger partial charge in [-0.25, -0.2) is 0 Å². The van der Waals surface area contributed by atoms with E-state index in [1.165, 1.54) is 43.2 Å². The number of morpholine rings is 1. The summed E-state index contributed by atoms with van der Waals surface area (Å²) in [7, 11) is 0. The van der Waals surface area contributed by atoms with Crippen molar-refractivity contribution in [1.29, 1.82) is 0 Å². The first-order chi connectivity index (χ1) is 12.2. The van der Waals surface area contributed by atoms with Crippen LogP contribution < -0.4 is 11.1 Å². The normalized spacial score (nSPS) is 21.9. The van der Waals surface area contributed by atoms with E-state index in [0.29, 0.717) is 18.5 Å². The highest BCUT2D eigenvalue weighted by atomic mass is 16.5. The molecule has 1 unspecified atom stereocenters. The third kappa shape index (κ3) is 5.44. The highest BCUT2D eigenvalue weighted by molar-refractivity contribution is 5.78. The van der Waals surface area contributed by atoms with Gasteiger partial charge >= 0.3 is 0 Å². The van der Waals surface area contributed by atoms with Crippen LogP contribution in [0.25, 0.3) is 0 Å². The van der Waals surface area contributed by atoms with Gasteiger partial charge < -0.3 is 15.8 Å². The predicted molar refractivity (Wildman–Crippen MR) is 103 cm³/mol. The maximum atomic E-state index is 6.18. The number of aryl methyl sites for hydroxylation is 1. The first kappa shape index (κ1) is 18.2. The van der Waals surface area contributed by atoms with E-state index in [4.69, 9.17) is 15.5 Å². The Kier molecular flexibility index (Phi) is 6.70. The van der Waals surface area contributed by atoms with Crippen LogP contribution in [0.2, 0.25) is 0 Å². The first-order valence-electron chi connectivity index (χ1n) is 9.67. The third-order valence-corrected chi connectivity index (χ3v) is 5.34. The Morgan fingerprint density at radius 1 is 1.20 bits per heavy atom. The van der Waals surface area contributed by atoms with Crippen molar-refractivity contribution in [2.45, 2.75) is 51.1 Å². The lowest BCUT2D eigenvalue weighted by atomic mass is 9.96. The molecule has 1 atom stereocenters. The minimum Gasteiger partial charge on any atom is -0.379 e. The SMILES string of the molecule is Cc1ccc(C(CN=C(N)NC2CCCCC2)N2CCOCC2)cc1. The topological polar surface area (TPSA) is 62.9 Å². The molecule has 1 aromatic rings. The van der Waals surface area contributed by atoms with Gasteiger partial charge in [0.2, 0.25) is 0 Å². The molecule has 0 radical (unpaired) electrons. The van der Waals surface area contributed by atoms with Crippen LogP contribution in [0, 0.1) is 6.92 Å². The summed E-state index contributed by atoms with van der Waals surface area (Å²) in [6.07, 6.45) is 6.36. The molecule has 5 heteroatoms. The van der Waals surface area contributed by atoms with Gasteiger partial charge in [-0.05, 0) is 25.3 Å². The van der Waals surface area contributed by atoms with Crippen molar-refractivity contribution in [1.82, 2.24) is 10.2 Å². The van der Waals surface area contributed by atoms with Gasteiger partial charge in [0, 0.05) is 19.1 Å². The van der Waals surface area contributed by atoms with Gasteiger partial charge in [-0.15, -0.1) is 0 Å². The maximum absolute atomic E-state index is 6.18. The summed E-state index contributed by atoms with van der Waals surface area (Å²) in [5.41, 5.74) is 8.77. The Morgan fingerprint density at radius 3 is 2.56 bits per heavy atom. The minimum atomic E-state index is 0.260. The summed E-state index contributed by atoms with van der Waals surface area (Å²) in [4.78, 5) is 7.16. The van der Waals surface area contributed by atoms with E-state index >= 15 is 0 Å². The van der Waals surface area contributed by atoms with Crippen molar-refractivity contribution >= 4 is 5.96 Å². The van der Waals surface area contributed by atoms with Crippen LogP contribution in [0.3, 0.4) is 0 Å². The molecule has 25 heavy (non-hydrogen) atoms. The lowest BCUT2D eigenvalue weighted by Gasteiger charge is -2.34. The number of ether oxygens (including phenoxy) is 1. The lowest BCUT2D eigenvalue weighted by molar-refractivity contribution is 0.0180. The Labute approximate surface area is 151 Å². The molecule has 1 saturated carbocycles. The maximum Gasteiger partial charge on any atom is 0.188 e. The molecule has 2 aliphatic rings. The molecule has 138 valence electrons. The van der Waals surface area contributed by atoms with E-state index in [1.54, 1.807) is 0 Å². The van der Waals surface area contributed by atoms with Crippen molar-refractivity contribution in [3.8, 4) is 0 Å². The molecule has 0 spiro atoms. The van der Waals surface area contributed by atoms with Gasteiger partial charge in [0.05, 0.1) is 25.8 Å². The fourth-order valence-corrected chi connectivity index (χ4v) is 3.80. The monoisotopic (exact) mass is 344 g/mol. The van der Waals surface area contributed by atoms with E-state index in [0.717, 1.165) is 26.3 Å². The standard InChI is InChI=1S/C20H32N4O/c1-16-7-9-17(10-8-16)19(24-11-13-25-14-12-24)15-22-20(21)23-18-5-3-2-4-6-18/h7-10,18-19H,2-6,11-15H2,1H3,(H3,21,22,23). The number of nitrogens with two attached hydrogens (primary N) is 1. The van der Waals surface area contributed by atoms with Crippen molar-refractivity contribution in [2.75, 3.05) is 32.8 Å². The first-order valence-corrected chi connectivity index (χ1v) is 9.67. The Balaban J connectivity index is 1.65. The summed E-state index contributed by atoms with van der Waals surface area (Å²) in [5.74, 6) is 0.595. The highest BCUT2D eigenvalue weighted by Crippen LogP contribution is 2.23. The van der Waals surface area contributed by atoms with Crippen LogP contribution in [0.1, 0.15) is 49.3 Å². The largest absolute Gasteiger partial charge is 0.379 e. The zero-order valence-electron chi connectivity index (χ0n) is 15.4. The molecule has 1 saturated heterocycles. The quantitative estimate of drug-likeness (QED) is 0.637. The summed E-state index contributed by atoms with van der Waals surface area (Å²) >= 11 is 0. The zero-order valence-corrected chi connectivity index (χ0v) is 15.4. The minimum absolute atomic E-state index is 0.260. The Morgan fingerprint density at radius 2 is 1.88 bits per heavy atom. The molecule has 0 bridgehead atoms. The number of rotatable bonds is 5. The van der Waals surface area contributed by atoms with Gasteiger partial charge in [-0.1, -0.05) is 49.1 Å². The predicted octanol–water partition coefficient (Wildman–Crippen LogP) is 2.61. The summed E-state index contributed by atoms with van der Waals surface area (Å²) in [5, 5.41) is 3.42. The number of hydrogen-bond acceptors (Lipinski definition) is 3. The summed E-state index contributed by atoms with van der Waals surface area (Å²) < 4.78 is 5.52. The van der Waals surface area contributed by atoms with Gasteiger partial charge in [-0.3, -0.25) is 9.89 Å². The fourth-order valence-electron chi connectivity index (χ4n) is 3.80. The van der Waals surface area contributed by atoms with Crippen LogP contribution in [0.5, 0.6) is 0 Å². The molecule has 1 aliphatic heterocycles. The smallest absolute Gasteiger partial charge is 0.188 e. The number of guanidine groups is 1. The second-order valence-corrected chi connectivity index (χ2v) is 7.28. The van der Waals surface area contributed by atoms with Crippen LogP contribution in [0.4, 0.5) is 0 Å². The van der Waals surface area contributed by atoms with E-state index in [2.05, 4.69) is 41.4 Å². The average molecular weight is 345 g/mol. The summed E-state index contributed by atoms with van der Waals surface area (Å²) in [6, 6.07) is 9.55. The number of nitrogens with zero attached hydrogens (tertiary/aromatic N) is 2. The van der Waals surface area contributed by atoms with Crippen molar-refractivity contribution in [3.05, 3.63) is 35.4 Å². The average Bonchev–Trinajstić information content (AvgIpc) is 2.65. The van der Waals surface area contributed by atoms with Gasteiger partial charge in [-0.2, -0.15) is 0 Å². The van der Waals surface area contributed by atoms with Gasteiger partial charge in [0.15, 0.2) is 5.96 Å². The molecule has 1 aliphatic carbocycles. The van der Waals surface area contributed by atoms with E-state index in [1.807, 2.05) is 0 Å². The Hall–Kier alpha value is -1.59. The molecule has 3 rings (SSSR count). The molecule has 1 heterocycles. The molecule has 2 fully saturated rings. The van der Waals surface area contributed by atoms with Gasteiger partial charge in [0.1, 0.15) is 0 Å². The van der Waals surface area contributed by atoms with E-state index < -0.39 is 0 Å². The van der Waals surface area contributed by atoms with Crippen molar-refractivity contribution < 1.29 is 4.74 Å². The number of benzene rings is 1. The van der Waals surface area contributed by atoms with Crippen LogP contribution in [-0.4, -0.2) is 49.7 Å². The Bertz CT molecular complexity index is 545. The fraction of sp³-hybridized carbons (Fsp3) is 0.650. The zero-order chi connectivity index (χ0) is 17.5. The molecular formula is C20H32N4O. The summed E-state index contributed by atoms with van der Waals surface area (Å²) in [6.45, 7) is 6.30. The number of aliphatic imine (C=N–C) groups is 1. The second kappa shape index (κ2) is 9.20. The number of nitrogens with one attached hydrogen (secondary N) is 1. The van der Waals surface area contributed by atoms with Crippen molar-refractivity contribution in [3.63, 3.8) is 0 Å². The molecule has 1 aromatic carbocycles. The van der Waals surface area contributed by atoms with Gasteiger partial charge in [0.25, 0.3) is 0 Å². The molecule has 5 nitrogen and oxygen atoms in total. The number of hydrogen-bond donors (Lipinski definition) is 2. The van der Waals surface area contributed by atoms with E-state index in [9.17, 15) is 0 Å².